The van der Waals surface area contributed by atoms with Crippen molar-refractivity contribution in [1.29, 1.82) is 0 Å². The number of nitrogens with zero attached hydrogens (tertiary/aromatic N) is 2. The Hall–Kier alpha value is -3.54. The molecule has 6 nitrogen and oxygen atoms in total. The van der Waals surface area contributed by atoms with Crippen LogP contribution in [0.5, 0.6) is 23.0 Å². The first-order chi connectivity index (χ1) is 16.7. The summed E-state index contributed by atoms with van der Waals surface area (Å²) in [6, 6.07) is 14.5. The predicted octanol–water partition coefficient (Wildman–Crippen LogP) is 5.65. The first-order valence-electron chi connectivity index (χ1n) is 11.6. The normalized spacial score (nSPS) is 10.8. The van der Waals surface area contributed by atoms with Crippen LogP contribution in [0.1, 0.15) is 33.7 Å². The van der Waals surface area contributed by atoms with Gasteiger partial charge in [-0.25, -0.2) is 0 Å². The van der Waals surface area contributed by atoms with E-state index in [9.17, 15) is 0 Å². The van der Waals surface area contributed by atoms with E-state index in [0.717, 1.165) is 62.2 Å². The Morgan fingerprint density at radius 1 is 0.543 bits per heavy atom. The van der Waals surface area contributed by atoms with Crippen LogP contribution in [-0.4, -0.2) is 56.6 Å². The summed E-state index contributed by atoms with van der Waals surface area (Å²) in [4.78, 5) is 4.08. The fourth-order valence-electron chi connectivity index (χ4n) is 4.65. The van der Waals surface area contributed by atoms with E-state index >= 15 is 0 Å². The van der Waals surface area contributed by atoms with E-state index in [1.54, 1.807) is 28.4 Å². The average molecular weight is 479 g/mol. The van der Waals surface area contributed by atoms with Crippen molar-refractivity contribution in [3.63, 3.8) is 0 Å². The molecule has 3 rings (SSSR count). The van der Waals surface area contributed by atoms with E-state index in [-0.39, 0.29) is 5.92 Å². The summed E-state index contributed by atoms with van der Waals surface area (Å²) in [5, 5.41) is 0. The minimum atomic E-state index is -0.265. The first-order valence-corrected chi connectivity index (χ1v) is 11.6. The van der Waals surface area contributed by atoms with Gasteiger partial charge in [0.2, 0.25) is 0 Å². The van der Waals surface area contributed by atoms with E-state index in [1.165, 1.54) is 0 Å². The molecule has 3 aromatic rings. The van der Waals surface area contributed by atoms with Gasteiger partial charge < -0.3 is 28.7 Å². The van der Waals surface area contributed by atoms with E-state index in [1.807, 2.05) is 62.3 Å². The Balaban J connectivity index is 2.53. The second-order valence-corrected chi connectivity index (χ2v) is 9.06. The van der Waals surface area contributed by atoms with Crippen molar-refractivity contribution in [1.82, 2.24) is 0 Å². The number of aryl methyl sites for hydroxylation is 2. The molecule has 0 fully saturated rings. The van der Waals surface area contributed by atoms with Crippen LogP contribution in [0.15, 0.2) is 42.5 Å². The molecule has 6 heteroatoms. The predicted molar refractivity (Wildman–Crippen MR) is 145 cm³/mol. The van der Waals surface area contributed by atoms with Crippen LogP contribution >= 0.6 is 0 Å². The highest BCUT2D eigenvalue weighted by atomic mass is 16.5. The summed E-state index contributed by atoms with van der Waals surface area (Å²) in [5.74, 6) is 2.68. The maximum atomic E-state index is 5.99. The van der Waals surface area contributed by atoms with Gasteiger partial charge in [0.25, 0.3) is 0 Å². The molecule has 0 aromatic heterocycles. The van der Waals surface area contributed by atoms with Gasteiger partial charge in [-0.05, 0) is 30.5 Å². The van der Waals surface area contributed by atoms with Crippen molar-refractivity contribution in [2.45, 2.75) is 19.8 Å². The maximum absolute atomic E-state index is 5.99. The zero-order valence-electron chi connectivity index (χ0n) is 22.6. The molecule has 0 aliphatic carbocycles. The monoisotopic (exact) mass is 478 g/mol. The Morgan fingerprint density at radius 2 is 0.857 bits per heavy atom. The highest BCUT2D eigenvalue weighted by Gasteiger charge is 2.33. The number of ether oxygens (including phenoxy) is 4. The van der Waals surface area contributed by atoms with E-state index in [0.29, 0.717) is 0 Å². The molecule has 0 atom stereocenters. The van der Waals surface area contributed by atoms with Crippen LogP contribution in [0.2, 0.25) is 0 Å². The number of anilines is 2. The third-order valence-electron chi connectivity index (χ3n) is 6.50. The highest BCUT2D eigenvalue weighted by Crippen LogP contribution is 2.52. The molecule has 0 heterocycles. The van der Waals surface area contributed by atoms with Crippen molar-refractivity contribution in [3.05, 3.63) is 70.3 Å². The molecule has 0 amide bonds. The van der Waals surface area contributed by atoms with Gasteiger partial charge >= 0.3 is 0 Å². The number of methoxy groups -OCH3 is 4. The molecule has 0 bridgehead atoms. The molecule has 0 saturated heterocycles. The number of benzene rings is 3. The molecule has 0 aliphatic rings. The Labute approximate surface area is 210 Å². The molecule has 0 spiro atoms. The molecule has 0 aliphatic heterocycles. The summed E-state index contributed by atoms with van der Waals surface area (Å²) >= 11 is 0. The molecular formula is C29H38N2O4. The molecule has 188 valence electrons. The van der Waals surface area contributed by atoms with E-state index < -0.39 is 0 Å². The van der Waals surface area contributed by atoms with Crippen LogP contribution in [0, 0.1) is 13.8 Å². The largest absolute Gasteiger partial charge is 0.496 e. The third-order valence-corrected chi connectivity index (χ3v) is 6.50. The maximum Gasteiger partial charge on any atom is 0.128 e. The summed E-state index contributed by atoms with van der Waals surface area (Å²) in [6.45, 7) is 4.27. The summed E-state index contributed by atoms with van der Waals surface area (Å²) < 4.78 is 24.0. The van der Waals surface area contributed by atoms with E-state index in [4.69, 9.17) is 18.9 Å². The zero-order valence-corrected chi connectivity index (χ0v) is 22.6. The Kier molecular flexibility index (Phi) is 8.05. The highest BCUT2D eigenvalue weighted by molar-refractivity contribution is 5.70. The molecule has 0 N–H and O–H groups in total. The summed E-state index contributed by atoms with van der Waals surface area (Å²) in [5.41, 5.74) is 7.32. The number of hydrogen-bond acceptors (Lipinski definition) is 6. The van der Waals surface area contributed by atoms with Crippen molar-refractivity contribution < 1.29 is 18.9 Å². The minimum absolute atomic E-state index is 0.265. The van der Waals surface area contributed by atoms with Crippen molar-refractivity contribution in [3.8, 4) is 23.0 Å². The Bertz CT molecular complexity index is 1050. The molecular weight excluding hydrogens is 440 g/mol. The number of hydrogen-bond donors (Lipinski definition) is 0. The lowest BCUT2D eigenvalue weighted by molar-refractivity contribution is 0.373. The fraction of sp³-hybridized carbons (Fsp3) is 0.379. The van der Waals surface area contributed by atoms with Crippen molar-refractivity contribution >= 4 is 11.4 Å². The van der Waals surface area contributed by atoms with E-state index in [2.05, 4.69) is 32.0 Å². The van der Waals surface area contributed by atoms with Crippen LogP contribution < -0.4 is 28.7 Å². The second kappa shape index (κ2) is 10.8. The molecule has 35 heavy (non-hydrogen) atoms. The molecule has 0 radical (unpaired) electrons. The lowest BCUT2D eigenvalue weighted by Crippen LogP contribution is -2.16. The standard InChI is InChI=1S/C29H38N2O4/c1-18-12-11-13-19(2)26(18)29(27-22(32-7)14-20(30(3)4)15-23(27)33-8)28-24(34-9)16-21(31(5)6)17-25(28)35-10/h11-17,29H,1-10H3. The molecule has 0 saturated carbocycles. The molecule has 0 unspecified atom stereocenters. The first kappa shape index (κ1) is 26.1. The minimum Gasteiger partial charge on any atom is -0.496 e. The van der Waals surface area contributed by atoms with Gasteiger partial charge in [0.15, 0.2) is 0 Å². The Morgan fingerprint density at radius 3 is 1.11 bits per heavy atom. The number of rotatable bonds is 9. The van der Waals surface area contributed by atoms with Gasteiger partial charge in [-0.3, -0.25) is 0 Å². The second-order valence-electron chi connectivity index (χ2n) is 9.06. The van der Waals surface area contributed by atoms with Crippen LogP contribution in [-0.2, 0) is 0 Å². The van der Waals surface area contributed by atoms with Gasteiger partial charge in [0.1, 0.15) is 23.0 Å². The molecule has 3 aromatic carbocycles. The summed E-state index contributed by atoms with van der Waals surface area (Å²) in [7, 11) is 14.8. The fourth-order valence-corrected chi connectivity index (χ4v) is 4.65. The van der Waals surface area contributed by atoms with Gasteiger partial charge in [-0.1, -0.05) is 18.2 Å². The lowest BCUT2D eigenvalue weighted by Gasteiger charge is -2.30. The van der Waals surface area contributed by atoms with Gasteiger partial charge in [-0.15, -0.1) is 0 Å². The van der Waals surface area contributed by atoms with Crippen LogP contribution in [0.25, 0.3) is 0 Å². The smallest absolute Gasteiger partial charge is 0.128 e. The quantitative estimate of drug-likeness (QED) is 0.370. The zero-order chi connectivity index (χ0) is 25.9. The van der Waals surface area contributed by atoms with Crippen molar-refractivity contribution in [2.24, 2.45) is 0 Å². The van der Waals surface area contributed by atoms with Gasteiger partial charge in [-0.2, -0.15) is 0 Å². The van der Waals surface area contributed by atoms with Gasteiger partial charge in [0.05, 0.1) is 28.4 Å². The van der Waals surface area contributed by atoms with Crippen LogP contribution in [0.3, 0.4) is 0 Å². The van der Waals surface area contributed by atoms with Gasteiger partial charge in [0, 0.05) is 80.9 Å². The SMILES string of the molecule is COc1cc(N(C)C)cc(OC)c1C(c1c(C)cccc1C)c1c(OC)cc(N(C)C)cc1OC. The van der Waals surface area contributed by atoms with Crippen molar-refractivity contribution in [2.75, 3.05) is 66.4 Å². The summed E-state index contributed by atoms with van der Waals surface area (Å²) in [6.07, 6.45) is 0. The topological polar surface area (TPSA) is 43.4 Å². The third kappa shape index (κ3) is 4.97. The average Bonchev–Trinajstić information content (AvgIpc) is 2.84. The van der Waals surface area contributed by atoms with Crippen LogP contribution in [0.4, 0.5) is 11.4 Å². The lowest BCUT2D eigenvalue weighted by atomic mass is 9.79.